The van der Waals surface area contributed by atoms with Crippen LogP contribution in [0.2, 0.25) is 0 Å². The molecule has 2 N–H and O–H groups in total. The molecule has 0 amide bonds. The molecule has 0 aliphatic heterocycles. The Morgan fingerprint density at radius 3 is 0.987 bits per heavy atom. The minimum atomic E-state index is -0.597. The van der Waals surface area contributed by atoms with E-state index in [1.807, 2.05) is 121 Å². The van der Waals surface area contributed by atoms with Gasteiger partial charge in [0, 0.05) is 29.7 Å². The monoisotopic (exact) mass is 1000 g/mol. The lowest BCUT2D eigenvalue weighted by Crippen LogP contribution is -2.07. The molecular weight excluding hydrogens is 949 g/mol. The summed E-state index contributed by atoms with van der Waals surface area (Å²) >= 11 is 0. The van der Waals surface area contributed by atoms with Gasteiger partial charge in [-0.25, -0.2) is 0 Å². The van der Waals surface area contributed by atoms with E-state index in [-0.39, 0.29) is 64.9 Å². The number of allylic oxidation sites excluding steroid dienone is 2. The number of phenols is 2. The normalized spacial score (nSPS) is 11.0. The van der Waals surface area contributed by atoms with Crippen LogP contribution in [-0.4, -0.2) is 50.2 Å². The molecule has 8 rings (SSSR count). The van der Waals surface area contributed by atoms with Gasteiger partial charge in [0.1, 0.15) is 72.1 Å². The van der Waals surface area contributed by atoms with E-state index in [1.54, 1.807) is 48.6 Å². The average Bonchev–Trinajstić information content (AvgIpc) is 3.46. The molecular formula is C63H56O12. The third-order valence-electron chi connectivity index (χ3n) is 12.1. The molecule has 0 saturated carbocycles. The van der Waals surface area contributed by atoms with Crippen molar-refractivity contribution < 1.29 is 57.7 Å². The summed E-state index contributed by atoms with van der Waals surface area (Å²) in [7, 11) is 5.54. The minimum absolute atomic E-state index is 0.0376. The summed E-state index contributed by atoms with van der Waals surface area (Å²) in [4.78, 5) is 28.4. The number of phenolic OH excluding ortho intramolecular Hbond substituents is 2. The summed E-state index contributed by atoms with van der Waals surface area (Å²) in [5.74, 6) is 0.200. The Morgan fingerprint density at radius 2 is 0.680 bits per heavy atom. The maximum Gasteiger partial charge on any atom is 0.193 e. The lowest BCUT2D eigenvalue weighted by Gasteiger charge is -2.20. The van der Waals surface area contributed by atoms with E-state index in [4.69, 9.17) is 37.9 Å². The maximum atomic E-state index is 14.2. The zero-order valence-electron chi connectivity index (χ0n) is 42.0. The second-order valence-electron chi connectivity index (χ2n) is 17.0. The predicted molar refractivity (Wildman–Crippen MR) is 288 cm³/mol. The fourth-order valence-corrected chi connectivity index (χ4v) is 8.18. The first-order valence-electron chi connectivity index (χ1n) is 24.0. The molecule has 12 heteroatoms. The van der Waals surface area contributed by atoms with Gasteiger partial charge < -0.3 is 48.1 Å². The number of hydrogen-bond acceptors (Lipinski definition) is 12. The smallest absolute Gasteiger partial charge is 0.193 e. The van der Waals surface area contributed by atoms with Crippen LogP contribution in [0.4, 0.5) is 0 Å². The fourth-order valence-electron chi connectivity index (χ4n) is 8.18. The summed E-state index contributed by atoms with van der Waals surface area (Å²) in [5.41, 5.74) is 5.02. The topological polar surface area (TPSA) is 148 Å². The number of methoxy groups -OCH3 is 4. The van der Waals surface area contributed by atoms with Crippen molar-refractivity contribution in [3.8, 4) is 57.5 Å². The van der Waals surface area contributed by atoms with Gasteiger partial charge >= 0.3 is 0 Å². The zero-order chi connectivity index (χ0) is 52.5. The van der Waals surface area contributed by atoms with Crippen LogP contribution in [0.15, 0.2) is 182 Å². The Morgan fingerprint density at radius 1 is 0.373 bits per heavy atom. The molecule has 0 atom stereocenters. The van der Waals surface area contributed by atoms with Crippen molar-refractivity contribution in [2.45, 2.75) is 32.8 Å². The summed E-state index contributed by atoms with van der Waals surface area (Å²) in [6, 6.07) is 52.6. The Balaban J connectivity index is 1.07. The van der Waals surface area contributed by atoms with Gasteiger partial charge in [-0.15, -0.1) is 0 Å². The maximum absolute atomic E-state index is 14.2. The lowest BCUT2D eigenvalue weighted by molar-refractivity contribution is 0.103. The first kappa shape index (κ1) is 51.9. The largest absolute Gasteiger partial charge is 0.507 e. The van der Waals surface area contributed by atoms with Crippen LogP contribution >= 0.6 is 0 Å². The summed E-state index contributed by atoms with van der Waals surface area (Å²) in [5, 5.41) is 24.1. The van der Waals surface area contributed by atoms with Gasteiger partial charge in [-0.2, -0.15) is 0 Å². The van der Waals surface area contributed by atoms with E-state index < -0.39 is 23.1 Å². The van der Waals surface area contributed by atoms with E-state index in [2.05, 4.69) is 0 Å². The highest BCUT2D eigenvalue weighted by Crippen LogP contribution is 2.46. The molecule has 8 aromatic rings. The molecule has 12 nitrogen and oxygen atoms in total. The van der Waals surface area contributed by atoms with Crippen molar-refractivity contribution in [3.63, 3.8) is 0 Å². The highest BCUT2D eigenvalue weighted by atomic mass is 16.5. The minimum Gasteiger partial charge on any atom is -0.507 e. The zero-order valence-corrected chi connectivity index (χ0v) is 42.0. The number of rotatable bonds is 24. The molecule has 0 bridgehead atoms. The molecule has 8 aromatic carbocycles. The van der Waals surface area contributed by atoms with E-state index in [9.17, 15) is 19.8 Å². The predicted octanol–water partition coefficient (Wildman–Crippen LogP) is 12.8. The number of ketones is 2. The van der Waals surface area contributed by atoms with Gasteiger partial charge in [-0.3, -0.25) is 9.59 Å². The third-order valence-corrected chi connectivity index (χ3v) is 12.1. The Labute approximate surface area is 436 Å². The van der Waals surface area contributed by atoms with Gasteiger partial charge in [0.05, 0.1) is 28.4 Å². The number of hydrogen-bond donors (Lipinski definition) is 2. The molecule has 0 saturated heterocycles. The number of carbonyl (C=O) groups is 2. The molecule has 0 heterocycles. The fraction of sp³-hybridized carbons (Fsp3) is 0.143. The first-order valence-corrected chi connectivity index (χ1v) is 24.0. The van der Waals surface area contributed by atoms with Gasteiger partial charge in [0.2, 0.25) is 0 Å². The standard InChI is InChI=1S/C63H56O12/c1-68-54-36-58(70-3)60(50(64)29-25-42-27-31-52(72-38-44-17-9-5-10-18-44)56(33-42)74-40-46-21-13-7-14-22-46)62(66)48(54)35-49-55(69-2)37-59(71-4)61(63(49)67)51(65)30-26-43-28-32-53(73-39-45-19-11-6-12-20-45)57(34-43)75-41-47-23-15-8-16-24-47/h5-34,36-37,66-67H,35,38-41H2,1-4H3/b29-25+,30-26+. The highest BCUT2D eigenvalue weighted by molar-refractivity contribution is 6.12. The van der Waals surface area contributed by atoms with Gasteiger partial charge in [-0.05, 0) is 69.8 Å². The van der Waals surface area contributed by atoms with Crippen LogP contribution in [0, 0.1) is 0 Å². The van der Waals surface area contributed by atoms with Gasteiger partial charge in [0.15, 0.2) is 34.6 Å². The lowest BCUT2D eigenvalue weighted by atomic mass is 9.93. The van der Waals surface area contributed by atoms with Crippen molar-refractivity contribution in [2.24, 2.45) is 0 Å². The summed E-state index contributed by atoms with van der Waals surface area (Å²) in [6.45, 7) is 1.20. The quantitative estimate of drug-likeness (QED) is 0.0438. The highest BCUT2D eigenvalue weighted by Gasteiger charge is 2.28. The van der Waals surface area contributed by atoms with Crippen LogP contribution in [0.5, 0.6) is 57.5 Å². The summed E-state index contributed by atoms with van der Waals surface area (Å²) < 4.78 is 47.5. The first-order chi connectivity index (χ1) is 36.7. The van der Waals surface area contributed by atoms with Crippen LogP contribution in [0.1, 0.15) is 65.2 Å². The number of aromatic hydroxyl groups is 2. The Kier molecular flexibility index (Phi) is 17.5. The molecule has 0 fully saturated rings. The van der Waals surface area contributed by atoms with E-state index in [1.165, 1.54) is 52.7 Å². The molecule has 0 aliphatic carbocycles. The summed E-state index contributed by atoms with van der Waals surface area (Å²) in [6.07, 6.45) is 5.56. The number of ether oxygens (including phenoxy) is 8. The SMILES string of the molecule is COc1cc(OC)c(C(=O)/C=C/c2ccc(OCc3ccccc3)c(OCc3ccccc3)c2)c(O)c1Cc1c(OC)cc(OC)c(C(=O)/C=C/c2ccc(OCc3ccccc3)c(OCc3ccccc3)c2)c1O. The number of benzene rings is 8. The van der Waals surface area contributed by atoms with Crippen molar-refractivity contribution in [1.82, 2.24) is 0 Å². The molecule has 0 unspecified atom stereocenters. The third kappa shape index (κ3) is 13.2. The molecule has 0 aliphatic rings. The second-order valence-corrected chi connectivity index (χ2v) is 17.0. The Hall–Kier alpha value is -9.42. The average molecular weight is 1010 g/mol. The van der Waals surface area contributed by atoms with E-state index >= 15 is 0 Å². The van der Waals surface area contributed by atoms with Crippen LogP contribution in [0.25, 0.3) is 12.2 Å². The van der Waals surface area contributed by atoms with E-state index in [0.717, 1.165) is 22.3 Å². The van der Waals surface area contributed by atoms with Crippen molar-refractivity contribution in [2.75, 3.05) is 28.4 Å². The van der Waals surface area contributed by atoms with Gasteiger partial charge in [-0.1, -0.05) is 146 Å². The molecule has 0 aromatic heterocycles. The molecule has 75 heavy (non-hydrogen) atoms. The Bertz CT molecular complexity index is 3060. The number of carbonyl (C=O) groups excluding carboxylic acids is 2. The van der Waals surface area contributed by atoms with Crippen molar-refractivity contribution in [1.29, 1.82) is 0 Å². The van der Waals surface area contributed by atoms with Crippen LogP contribution < -0.4 is 37.9 Å². The van der Waals surface area contributed by atoms with Crippen LogP contribution in [0.3, 0.4) is 0 Å². The van der Waals surface area contributed by atoms with Gasteiger partial charge in [0.25, 0.3) is 0 Å². The molecule has 0 spiro atoms. The van der Waals surface area contributed by atoms with E-state index in [0.29, 0.717) is 47.3 Å². The van der Waals surface area contributed by atoms with Crippen molar-refractivity contribution in [3.05, 3.63) is 238 Å². The molecule has 380 valence electrons. The molecule has 0 radical (unpaired) electrons. The van der Waals surface area contributed by atoms with Crippen LogP contribution in [-0.2, 0) is 32.8 Å². The van der Waals surface area contributed by atoms with Crippen molar-refractivity contribution >= 4 is 23.7 Å². The second kappa shape index (κ2) is 25.3.